The molecule has 1 N–H and O–H groups in total. The number of hydrogen-bond donors (Lipinski definition) is 1. The second-order valence-electron chi connectivity index (χ2n) is 7.46. The van der Waals surface area contributed by atoms with Crippen molar-refractivity contribution in [3.63, 3.8) is 0 Å². The average molecular weight is 466 g/mol. The molecule has 0 saturated carbocycles. The Kier molecular flexibility index (Phi) is 8.08. The first-order valence-electron chi connectivity index (χ1n) is 9.75. The first-order valence-corrected chi connectivity index (χ1v) is 12.0. The molecule has 0 bridgehead atoms. The minimum Gasteiger partial charge on any atom is -0.357 e. The van der Waals surface area contributed by atoms with Crippen LogP contribution in [-0.4, -0.2) is 51.0 Å². The quantitative estimate of drug-likeness (QED) is 0.649. The Morgan fingerprint density at radius 3 is 2.35 bits per heavy atom. The van der Waals surface area contributed by atoms with E-state index in [4.69, 9.17) is 11.6 Å². The van der Waals surface area contributed by atoms with Gasteiger partial charge in [-0.05, 0) is 49.6 Å². The van der Waals surface area contributed by atoms with E-state index in [9.17, 15) is 18.0 Å². The number of anilines is 1. The number of sulfonamides is 1. The smallest absolute Gasteiger partial charge is 0.244 e. The number of amides is 2. The van der Waals surface area contributed by atoms with E-state index in [0.29, 0.717) is 16.3 Å². The number of benzene rings is 2. The van der Waals surface area contributed by atoms with Gasteiger partial charge in [-0.2, -0.15) is 0 Å². The summed E-state index contributed by atoms with van der Waals surface area (Å²) in [7, 11) is -2.28. The van der Waals surface area contributed by atoms with Gasteiger partial charge in [-0.25, -0.2) is 8.42 Å². The van der Waals surface area contributed by atoms with Crippen LogP contribution in [0.2, 0.25) is 5.02 Å². The molecule has 7 nitrogen and oxygen atoms in total. The van der Waals surface area contributed by atoms with E-state index in [0.717, 1.165) is 21.7 Å². The van der Waals surface area contributed by atoms with Gasteiger partial charge in [0.15, 0.2) is 0 Å². The van der Waals surface area contributed by atoms with E-state index >= 15 is 0 Å². The molecule has 9 heteroatoms. The van der Waals surface area contributed by atoms with Crippen molar-refractivity contribution in [1.29, 1.82) is 0 Å². The zero-order chi connectivity index (χ0) is 23.3. The number of nitrogens with one attached hydrogen (secondary N) is 1. The fourth-order valence-corrected chi connectivity index (χ4v) is 4.28. The minimum absolute atomic E-state index is 0.0670. The van der Waals surface area contributed by atoms with Gasteiger partial charge in [0.05, 0.1) is 11.9 Å². The van der Waals surface area contributed by atoms with Crippen molar-refractivity contribution in [2.75, 3.05) is 24.2 Å². The van der Waals surface area contributed by atoms with Crippen LogP contribution in [0.1, 0.15) is 23.6 Å². The summed E-state index contributed by atoms with van der Waals surface area (Å²) >= 11 is 6.26. The third kappa shape index (κ3) is 6.21. The number of carbonyl (C=O) groups excluding carboxylic acids is 2. The lowest BCUT2D eigenvalue weighted by molar-refractivity contribution is -0.139. The molecule has 0 unspecified atom stereocenters. The number of likely N-dealkylation sites (N-methyl/N-ethyl adjacent to an activating group) is 1. The van der Waals surface area contributed by atoms with Gasteiger partial charge >= 0.3 is 0 Å². The molecule has 2 rings (SSSR count). The summed E-state index contributed by atoms with van der Waals surface area (Å²) in [6.45, 7) is 4.86. The van der Waals surface area contributed by atoms with Crippen molar-refractivity contribution in [3.8, 4) is 0 Å². The number of halogens is 1. The molecule has 0 saturated heterocycles. The predicted molar refractivity (Wildman–Crippen MR) is 124 cm³/mol. The number of nitrogens with zero attached hydrogens (tertiary/aromatic N) is 2. The van der Waals surface area contributed by atoms with Crippen molar-refractivity contribution < 1.29 is 18.0 Å². The third-order valence-electron chi connectivity index (χ3n) is 5.02. The van der Waals surface area contributed by atoms with Gasteiger partial charge in [0, 0.05) is 18.6 Å². The van der Waals surface area contributed by atoms with E-state index in [1.54, 1.807) is 44.2 Å². The number of carbonyl (C=O) groups is 2. The second-order valence-corrected chi connectivity index (χ2v) is 9.78. The molecule has 2 amide bonds. The lowest BCUT2D eigenvalue weighted by Gasteiger charge is -2.32. The highest BCUT2D eigenvalue weighted by atomic mass is 35.5. The summed E-state index contributed by atoms with van der Waals surface area (Å²) in [4.78, 5) is 27.0. The minimum atomic E-state index is -3.76. The summed E-state index contributed by atoms with van der Waals surface area (Å²) in [5, 5.41) is 2.99. The molecule has 1 atom stereocenters. The fraction of sp³-hybridized carbons (Fsp3) is 0.364. The van der Waals surface area contributed by atoms with Gasteiger partial charge in [-0.1, -0.05) is 41.9 Å². The Balaban J connectivity index is 2.45. The van der Waals surface area contributed by atoms with E-state index in [2.05, 4.69) is 5.32 Å². The topological polar surface area (TPSA) is 86.8 Å². The first-order chi connectivity index (χ1) is 14.5. The van der Waals surface area contributed by atoms with Crippen LogP contribution in [0.4, 0.5) is 5.69 Å². The number of hydrogen-bond acceptors (Lipinski definition) is 4. The zero-order valence-electron chi connectivity index (χ0n) is 18.3. The van der Waals surface area contributed by atoms with Gasteiger partial charge in [-0.15, -0.1) is 0 Å². The summed E-state index contributed by atoms with van der Waals surface area (Å²) in [5.74, 6) is -0.875. The van der Waals surface area contributed by atoms with Crippen LogP contribution >= 0.6 is 11.6 Å². The van der Waals surface area contributed by atoms with E-state index in [1.807, 2.05) is 19.1 Å². The third-order valence-corrected chi connectivity index (χ3v) is 6.52. The molecule has 31 heavy (non-hydrogen) atoms. The van der Waals surface area contributed by atoms with Crippen LogP contribution in [0.25, 0.3) is 0 Å². The normalized spacial score (nSPS) is 12.2. The molecule has 0 heterocycles. The molecule has 0 aliphatic carbocycles. The highest BCUT2D eigenvalue weighted by Gasteiger charge is 2.30. The van der Waals surface area contributed by atoms with Gasteiger partial charge in [-0.3, -0.25) is 13.9 Å². The monoisotopic (exact) mass is 465 g/mol. The lowest BCUT2D eigenvalue weighted by atomic mass is 10.1. The standard InChI is InChI=1S/C22H28ClN3O4S/c1-15-10-11-16(2)20(12-15)26(31(5,29)30)14-21(27)25(17(3)22(28)24-4)13-18-8-6-7-9-19(18)23/h6-12,17H,13-14H2,1-5H3,(H,24,28)/t17-/m1/s1. The molecule has 0 radical (unpaired) electrons. The zero-order valence-corrected chi connectivity index (χ0v) is 19.9. The highest BCUT2D eigenvalue weighted by Crippen LogP contribution is 2.25. The molecule has 0 aliphatic rings. The summed E-state index contributed by atoms with van der Waals surface area (Å²) in [6.07, 6.45) is 1.06. The van der Waals surface area contributed by atoms with Crippen LogP contribution < -0.4 is 9.62 Å². The largest absolute Gasteiger partial charge is 0.357 e. The van der Waals surface area contributed by atoms with Crippen molar-refractivity contribution in [3.05, 3.63) is 64.2 Å². The maximum absolute atomic E-state index is 13.3. The van der Waals surface area contributed by atoms with Crippen LogP contribution in [-0.2, 0) is 26.2 Å². The fourth-order valence-electron chi connectivity index (χ4n) is 3.18. The number of rotatable bonds is 8. The van der Waals surface area contributed by atoms with Crippen LogP contribution in [0.5, 0.6) is 0 Å². The Bertz CT molecular complexity index is 1070. The Labute approximate surface area is 189 Å². The van der Waals surface area contributed by atoms with Gasteiger partial charge in [0.25, 0.3) is 0 Å². The van der Waals surface area contributed by atoms with E-state index in [-0.39, 0.29) is 12.5 Å². The maximum atomic E-state index is 13.3. The summed E-state index contributed by atoms with van der Waals surface area (Å²) in [6, 6.07) is 11.6. The predicted octanol–water partition coefficient (Wildman–Crippen LogP) is 2.89. The molecule has 0 fully saturated rings. The molecule has 2 aromatic rings. The Morgan fingerprint density at radius 1 is 1.13 bits per heavy atom. The average Bonchev–Trinajstić information content (AvgIpc) is 2.71. The van der Waals surface area contributed by atoms with Crippen LogP contribution in [0, 0.1) is 13.8 Å². The second kappa shape index (κ2) is 10.2. The van der Waals surface area contributed by atoms with Gasteiger partial charge < -0.3 is 10.2 Å². The van der Waals surface area contributed by atoms with E-state index < -0.39 is 28.5 Å². The van der Waals surface area contributed by atoms with Crippen molar-refractivity contribution in [2.45, 2.75) is 33.4 Å². The van der Waals surface area contributed by atoms with Crippen molar-refractivity contribution in [2.24, 2.45) is 0 Å². The van der Waals surface area contributed by atoms with Crippen LogP contribution in [0.15, 0.2) is 42.5 Å². The van der Waals surface area contributed by atoms with Crippen LogP contribution in [0.3, 0.4) is 0 Å². The summed E-state index contributed by atoms with van der Waals surface area (Å²) in [5.41, 5.74) is 2.68. The Morgan fingerprint density at radius 2 is 1.77 bits per heavy atom. The van der Waals surface area contributed by atoms with Crippen molar-refractivity contribution in [1.82, 2.24) is 10.2 Å². The molecule has 0 aliphatic heterocycles. The Hall–Kier alpha value is -2.58. The lowest BCUT2D eigenvalue weighted by Crippen LogP contribution is -2.50. The molecule has 2 aromatic carbocycles. The van der Waals surface area contributed by atoms with Gasteiger partial charge in [0.2, 0.25) is 21.8 Å². The molecule has 0 aromatic heterocycles. The first kappa shape index (κ1) is 24.7. The molecular formula is C22H28ClN3O4S. The molecule has 168 valence electrons. The maximum Gasteiger partial charge on any atom is 0.244 e. The molecular weight excluding hydrogens is 438 g/mol. The van der Waals surface area contributed by atoms with Gasteiger partial charge in [0.1, 0.15) is 12.6 Å². The highest BCUT2D eigenvalue weighted by molar-refractivity contribution is 7.92. The number of aryl methyl sites for hydroxylation is 2. The van der Waals surface area contributed by atoms with E-state index in [1.165, 1.54) is 11.9 Å². The van der Waals surface area contributed by atoms with Crippen molar-refractivity contribution >= 4 is 39.1 Å². The SMILES string of the molecule is CNC(=O)[C@@H](C)N(Cc1ccccc1Cl)C(=O)CN(c1cc(C)ccc1C)S(C)(=O)=O. The molecule has 0 spiro atoms. The summed E-state index contributed by atoms with van der Waals surface area (Å²) < 4.78 is 26.2.